The predicted octanol–water partition coefficient (Wildman–Crippen LogP) is 3.91. The van der Waals surface area contributed by atoms with Gasteiger partial charge in [-0.1, -0.05) is 44.2 Å². The first-order valence-electron chi connectivity index (χ1n) is 12.2. The number of aromatic nitrogens is 1. The zero-order valence-electron chi connectivity index (χ0n) is 20.9. The highest BCUT2D eigenvalue weighted by molar-refractivity contribution is 5.97. The van der Waals surface area contributed by atoms with Crippen molar-refractivity contribution in [2.45, 2.75) is 64.7 Å². The maximum Gasteiger partial charge on any atom is 0.328 e. The van der Waals surface area contributed by atoms with E-state index >= 15 is 0 Å². The van der Waals surface area contributed by atoms with Gasteiger partial charge in [0.25, 0.3) is 5.91 Å². The normalized spacial score (nSPS) is 23.1. The number of carbonyl (C=O) groups excluding carboxylic acids is 2. The van der Waals surface area contributed by atoms with Gasteiger partial charge in [0.1, 0.15) is 12.1 Å². The summed E-state index contributed by atoms with van der Waals surface area (Å²) >= 11 is 0. The molecule has 0 unspecified atom stereocenters. The average Bonchev–Trinajstić information content (AvgIpc) is 2.88. The second kappa shape index (κ2) is 12.5. The lowest BCUT2D eigenvalue weighted by atomic mass is 9.87. The van der Waals surface area contributed by atoms with Gasteiger partial charge in [0.2, 0.25) is 0 Å². The van der Waals surface area contributed by atoms with Gasteiger partial charge in [-0.3, -0.25) is 4.79 Å². The number of amides is 1. The van der Waals surface area contributed by atoms with E-state index in [1.165, 1.54) is 19.4 Å². The Balaban J connectivity index is 1.78. The van der Waals surface area contributed by atoms with Gasteiger partial charge in [-0.15, -0.1) is 0 Å². The minimum atomic E-state index is -0.862. The van der Waals surface area contributed by atoms with Crippen molar-refractivity contribution >= 4 is 11.9 Å². The average molecular weight is 485 g/mol. The van der Waals surface area contributed by atoms with Crippen LogP contribution >= 0.6 is 0 Å². The molecule has 2 N–H and O–H groups in total. The number of nitrogens with zero attached hydrogens (tertiary/aromatic N) is 1. The van der Waals surface area contributed by atoms with Crippen LogP contribution in [0.4, 0.5) is 0 Å². The number of ether oxygens (including phenoxy) is 3. The number of methoxy groups -OCH3 is 1. The molecule has 0 aliphatic carbocycles. The van der Waals surface area contributed by atoms with E-state index in [0.29, 0.717) is 25.4 Å². The van der Waals surface area contributed by atoms with E-state index in [9.17, 15) is 14.7 Å². The summed E-state index contributed by atoms with van der Waals surface area (Å²) in [6.45, 7) is 6.73. The Bertz CT molecular complexity index is 981. The van der Waals surface area contributed by atoms with Crippen molar-refractivity contribution in [3.63, 3.8) is 0 Å². The Morgan fingerprint density at radius 2 is 1.97 bits per heavy atom. The van der Waals surface area contributed by atoms with Crippen LogP contribution in [0.3, 0.4) is 0 Å². The smallest absolute Gasteiger partial charge is 0.328 e. The minimum absolute atomic E-state index is 0.0290. The van der Waals surface area contributed by atoms with Crippen molar-refractivity contribution in [2.75, 3.05) is 13.7 Å². The summed E-state index contributed by atoms with van der Waals surface area (Å²) in [6.07, 6.45) is 3.37. The molecular weight excluding hydrogens is 448 g/mol. The highest BCUT2D eigenvalue weighted by atomic mass is 16.5. The van der Waals surface area contributed by atoms with Gasteiger partial charge in [-0.2, -0.15) is 0 Å². The van der Waals surface area contributed by atoms with Gasteiger partial charge >= 0.3 is 5.97 Å². The number of pyridine rings is 1. The van der Waals surface area contributed by atoms with Crippen LogP contribution in [-0.4, -0.2) is 53.9 Å². The lowest BCUT2D eigenvalue weighted by Gasteiger charge is -2.32. The Morgan fingerprint density at radius 1 is 1.23 bits per heavy atom. The van der Waals surface area contributed by atoms with Crippen LogP contribution in [0.2, 0.25) is 0 Å². The Morgan fingerprint density at radius 3 is 2.66 bits per heavy atom. The SMILES string of the molecule is COc1ccnc(C(=O)N[C@H]2CCC[C@H](OCC(C)C)[C@@H](Cc3ccccc3)[C@H](C)OC2=O)c1O. The molecule has 8 nitrogen and oxygen atoms in total. The van der Waals surface area contributed by atoms with Crippen LogP contribution in [0.15, 0.2) is 42.6 Å². The molecule has 2 aromatic rings. The quantitative estimate of drug-likeness (QED) is 0.547. The fraction of sp³-hybridized carbons (Fsp3) is 0.519. The molecule has 0 saturated carbocycles. The molecule has 190 valence electrons. The molecule has 1 aromatic heterocycles. The van der Waals surface area contributed by atoms with E-state index in [1.54, 1.807) is 0 Å². The topological polar surface area (TPSA) is 107 Å². The van der Waals surface area contributed by atoms with Crippen molar-refractivity contribution in [1.82, 2.24) is 10.3 Å². The third-order valence-electron chi connectivity index (χ3n) is 6.23. The lowest BCUT2D eigenvalue weighted by molar-refractivity contribution is -0.155. The fourth-order valence-electron chi connectivity index (χ4n) is 4.34. The predicted molar refractivity (Wildman–Crippen MR) is 131 cm³/mol. The standard InChI is InChI=1S/C27H36N2O6/c1-17(2)16-34-22-12-8-11-21(29-26(31)24-25(30)23(33-4)13-14-28-24)27(32)35-18(3)20(22)15-19-9-6-5-7-10-19/h5-7,9-10,13-14,17-18,20-22,30H,8,11-12,15-16H2,1-4H3,(H,29,31)/t18-,20-,21-,22-/m0/s1. The Hall–Kier alpha value is -3.13. The van der Waals surface area contributed by atoms with E-state index in [1.807, 2.05) is 25.1 Å². The van der Waals surface area contributed by atoms with E-state index in [-0.39, 0.29) is 29.2 Å². The van der Waals surface area contributed by atoms with Gasteiger partial charge in [-0.25, -0.2) is 9.78 Å². The van der Waals surface area contributed by atoms with Crippen molar-refractivity contribution in [3.8, 4) is 11.5 Å². The number of esters is 1. The highest BCUT2D eigenvalue weighted by Gasteiger charge is 2.35. The van der Waals surface area contributed by atoms with Crippen LogP contribution in [0.25, 0.3) is 0 Å². The summed E-state index contributed by atoms with van der Waals surface area (Å²) in [6, 6.07) is 10.7. The summed E-state index contributed by atoms with van der Waals surface area (Å²) in [5.41, 5.74) is 0.951. The molecule has 1 aliphatic rings. The van der Waals surface area contributed by atoms with Crippen LogP contribution in [0.1, 0.15) is 56.1 Å². The molecule has 1 fully saturated rings. The highest BCUT2D eigenvalue weighted by Crippen LogP contribution is 2.29. The van der Waals surface area contributed by atoms with Gasteiger partial charge < -0.3 is 24.6 Å². The molecule has 1 aliphatic heterocycles. The van der Waals surface area contributed by atoms with Gasteiger partial charge in [0, 0.05) is 24.8 Å². The van der Waals surface area contributed by atoms with Crippen molar-refractivity contribution in [1.29, 1.82) is 0 Å². The number of hydrogen-bond donors (Lipinski definition) is 2. The first kappa shape index (κ1) is 26.5. The Labute approximate surface area is 207 Å². The summed E-state index contributed by atoms with van der Waals surface area (Å²) in [4.78, 5) is 29.9. The monoisotopic (exact) mass is 484 g/mol. The maximum absolute atomic E-state index is 13.1. The van der Waals surface area contributed by atoms with E-state index in [2.05, 4.69) is 36.3 Å². The minimum Gasteiger partial charge on any atom is -0.503 e. The van der Waals surface area contributed by atoms with Gasteiger partial charge in [0.15, 0.2) is 17.2 Å². The van der Waals surface area contributed by atoms with Crippen LogP contribution < -0.4 is 10.1 Å². The van der Waals surface area contributed by atoms with Crippen LogP contribution in [0.5, 0.6) is 11.5 Å². The summed E-state index contributed by atoms with van der Waals surface area (Å²) in [7, 11) is 1.39. The summed E-state index contributed by atoms with van der Waals surface area (Å²) in [5.74, 6) is -1.06. The number of rotatable bonds is 8. The zero-order chi connectivity index (χ0) is 25.4. The second-order valence-electron chi connectivity index (χ2n) is 9.43. The molecule has 3 rings (SSSR count). The number of nitrogens with one attached hydrogen (secondary N) is 1. The molecule has 8 heteroatoms. The van der Waals surface area contributed by atoms with E-state index in [4.69, 9.17) is 14.2 Å². The summed E-state index contributed by atoms with van der Waals surface area (Å²) in [5, 5.41) is 13.0. The molecule has 0 spiro atoms. The lowest BCUT2D eigenvalue weighted by Crippen LogP contribution is -2.44. The number of aromatic hydroxyl groups is 1. The molecule has 0 radical (unpaired) electrons. The van der Waals surface area contributed by atoms with Crippen LogP contribution in [0, 0.1) is 11.8 Å². The molecule has 1 aromatic carbocycles. The molecule has 2 heterocycles. The first-order valence-corrected chi connectivity index (χ1v) is 12.2. The van der Waals surface area contributed by atoms with E-state index in [0.717, 1.165) is 18.4 Å². The largest absolute Gasteiger partial charge is 0.503 e. The molecule has 0 bridgehead atoms. The zero-order valence-corrected chi connectivity index (χ0v) is 20.9. The van der Waals surface area contributed by atoms with Crippen molar-refractivity contribution in [2.24, 2.45) is 11.8 Å². The fourth-order valence-corrected chi connectivity index (χ4v) is 4.34. The molecule has 4 atom stereocenters. The third-order valence-corrected chi connectivity index (χ3v) is 6.23. The van der Waals surface area contributed by atoms with Gasteiger partial charge in [-0.05, 0) is 44.1 Å². The second-order valence-corrected chi connectivity index (χ2v) is 9.43. The van der Waals surface area contributed by atoms with Crippen molar-refractivity contribution in [3.05, 3.63) is 53.9 Å². The molecule has 1 amide bonds. The van der Waals surface area contributed by atoms with Crippen LogP contribution in [-0.2, 0) is 20.7 Å². The number of benzene rings is 1. The van der Waals surface area contributed by atoms with E-state index < -0.39 is 24.0 Å². The number of cyclic esters (lactones) is 1. The van der Waals surface area contributed by atoms with Gasteiger partial charge in [0.05, 0.1) is 13.2 Å². The van der Waals surface area contributed by atoms with Crippen molar-refractivity contribution < 1.29 is 28.9 Å². The number of carbonyl (C=O) groups is 2. The number of hydrogen-bond acceptors (Lipinski definition) is 7. The molecular formula is C27H36N2O6. The first-order chi connectivity index (χ1) is 16.8. The Kier molecular flexibility index (Phi) is 9.48. The molecule has 35 heavy (non-hydrogen) atoms. The third kappa shape index (κ3) is 7.18. The molecule has 1 saturated heterocycles. The summed E-state index contributed by atoms with van der Waals surface area (Å²) < 4.78 is 17.2. The maximum atomic E-state index is 13.1.